The van der Waals surface area contributed by atoms with Gasteiger partial charge in [0.15, 0.2) is 0 Å². The topological polar surface area (TPSA) is 62.3 Å². The Kier molecular flexibility index (Phi) is 4.03. The Morgan fingerprint density at radius 2 is 2.00 bits per heavy atom. The normalized spacial score (nSPS) is 26.4. The maximum Gasteiger partial charge on any atom is 0.119 e. The minimum absolute atomic E-state index is 0.434. The zero-order valence-electron chi connectivity index (χ0n) is 10.7. The van der Waals surface area contributed by atoms with Gasteiger partial charge in [0.2, 0.25) is 0 Å². The molecule has 0 bridgehead atoms. The molecular weight excluding hydrogens is 214 g/mol. The highest BCUT2D eigenvalue weighted by Gasteiger charge is 2.43. The maximum atomic E-state index is 9.24. The van der Waals surface area contributed by atoms with Crippen LogP contribution in [0.1, 0.15) is 25.7 Å². The van der Waals surface area contributed by atoms with Gasteiger partial charge in [0.25, 0.3) is 0 Å². The van der Waals surface area contributed by atoms with Crippen LogP contribution in [0.4, 0.5) is 0 Å². The number of rotatable bonds is 5. The van der Waals surface area contributed by atoms with Crippen molar-refractivity contribution in [1.82, 2.24) is 4.90 Å². The number of piperidine rings is 1. The molecule has 2 aliphatic rings. The fourth-order valence-corrected chi connectivity index (χ4v) is 2.77. The molecule has 4 nitrogen and oxygen atoms in total. The van der Waals surface area contributed by atoms with E-state index in [1.807, 2.05) is 0 Å². The first kappa shape index (κ1) is 12.8. The largest absolute Gasteiger partial charge is 0.384 e. The molecule has 1 aliphatic heterocycles. The molecule has 1 atom stereocenters. The van der Waals surface area contributed by atoms with Crippen molar-refractivity contribution in [3.63, 3.8) is 0 Å². The molecule has 17 heavy (non-hydrogen) atoms. The third-order valence-electron chi connectivity index (χ3n) is 4.11. The standard InChI is InChI=1S/C13H23N3O/c1-17-8-11-4-6-16(7-5-11)10-13(15,9-14)12-2-3-12/h11-12H,2-8,10,15H2,1H3. The molecule has 1 saturated carbocycles. The Balaban J connectivity index is 1.79. The summed E-state index contributed by atoms with van der Waals surface area (Å²) in [6, 6.07) is 2.34. The van der Waals surface area contributed by atoms with Crippen LogP contribution in [-0.4, -0.2) is 43.8 Å². The fraction of sp³-hybridized carbons (Fsp3) is 0.923. The lowest BCUT2D eigenvalue weighted by atomic mass is 9.92. The Hall–Kier alpha value is -0.630. The summed E-state index contributed by atoms with van der Waals surface area (Å²) in [4.78, 5) is 2.35. The predicted octanol–water partition coefficient (Wildman–Crippen LogP) is 0.976. The first-order chi connectivity index (χ1) is 8.18. The molecule has 2 rings (SSSR count). The van der Waals surface area contributed by atoms with Crippen LogP contribution in [0.2, 0.25) is 0 Å². The molecular formula is C13H23N3O. The summed E-state index contributed by atoms with van der Waals surface area (Å²) in [5, 5.41) is 9.24. The predicted molar refractivity (Wildman–Crippen MR) is 66.3 cm³/mol. The van der Waals surface area contributed by atoms with Gasteiger partial charge in [0.1, 0.15) is 5.54 Å². The van der Waals surface area contributed by atoms with Crippen molar-refractivity contribution in [2.24, 2.45) is 17.6 Å². The Morgan fingerprint density at radius 3 is 2.47 bits per heavy atom. The zero-order valence-corrected chi connectivity index (χ0v) is 10.7. The van der Waals surface area contributed by atoms with E-state index in [0.717, 1.165) is 39.1 Å². The molecule has 96 valence electrons. The van der Waals surface area contributed by atoms with Crippen molar-refractivity contribution < 1.29 is 4.74 Å². The van der Waals surface area contributed by atoms with Crippen molar-refractivity contribution in [3.05, 3.63) is 0 Å². The number of hydrogen-bond donors (Lipinski definition) is 1. The van der Waals surface area contributed by atoms with E-state index in [4.69, 9.17) is 10.5 Å². The van der Waals surface area contributed by atoms with Gasteiger partial charge < -0.3 is 15.4 Å². The van der Waals surface area contributed by atoms with E-state index in [2.05, 4.69) is 11.0 Å². The molecule has 0 amide bonds. The highest BCUT2D eigenvalue weighted by atomic mass is 16.5. The second-order valence-electron chi connectivity index (χ2n) is 5.60. The van der Waals surface area contributed by atoms with Gasteiger partial charge in [0.05, 0.1) is 6.07 Å². The quantitative estimate of drug-likeness (QED) is 0.774. The van der Waals surface area contributed by atoms with Crippen LogP contribution in [0.3, 0.4) is 0 Å². The van der Waals surface area contributed by atoms with Gasteiger partial charge in [-0.2, -0.15) is 5.26 Å². The van der Waals surface area contributed by atoms with Crippen molar-refractivity contribution in [1.29, 1.82) is 5.26 Å². The van der Waals surface area contributed by atoms with Crippen LogP contribution in [0.25, 0.3) is 0 Å². The molecule has 2 fully saturated rings. The SMILES string of the molecule is COCC1CCN(CC(N)(C#N)C2CC2)CC1. The molecule has 0 aromatic carbocycles. The highest BCUT2D eigenvalue weighted by molar-refractivity contribution is 5.14. The number of nitrogens with zero attached hydrogens (tertiary/aromatic N) is 2. The second-order valence-corrected chi connectivity index (χ2v) is 5.60. The summed E-state index contributed by atoms with van der Waals surface area (Å²) >= 11 is 0. The van der Waals surface area contributed by atoms with E-state index in [0.29, 0.717) is 11.8 Å². The zero-order chi connectivity index (χ0) is 12.3. The van der Waals surface area contributed by atoms with Crippen LogP contribution >= 0.6 is 0 Å². The minimum atomic E-state index is -0.603. The summed E-state index contributed by atoms with van der Waals surface area (Å²) in [5.74, 6) is 1.12. The van der Waals surface area contributed by atoms with Gasteiger partial charge in [-0.1, -0.05) is 0 Å². The van der Waals surface area contributed by atoms with Crippen molar-refractivity contribution in [2.75, 3.05) is 33.4 Å². The number of ether oxygens (including phenoxy) is 1. The Morgan fingerprint density at radius 1 is 1.35 bits per heavy atom. The Labute approximate surface area is 104 Å². The smallest absolute Gasteiger partial charge is 0.119 e. The van der Waals surface area contributed by atoms with E-state index in [1.165, 1.54) is 12.8 Å². The van der Waals surface area contributed by atoms with Gasteiger partial charge >= 0.3 is 0 Å². The van der Waals surface area contributed by atoms with Crippen molar-refractivity contribution in [2.45, 2.75) is 31.2 Å². The third kappa shape index (κ3) is 3.19. The second kappa shape index (κ2) is 5.34. The van der Waals surface area contributed by atoms with Gasteiger partial charge in [-0.25, -0.2) is 0 Å². The summed E-state index contributed by atoms with van der Waals surface area (Å²) in [6.45, 7) is 3.72. The third-order valence-corrected chi connectivity index (χ3v) is 4.11. The average molecular weight is 237 g/mol. The van der Waals surface area contributed by atoms with Gasteiger partial charge in [-0.3, -0.25) is 0 Å². The first-order valence-corrected chi connectivity index (χ1v) is 6.59. The van der Waals surface area contributed by atoms with Gasteiger partial charge in [-0.15, -0.1) is 0 Å². The van der Waals surface area contributed by atoms with E-state index >= 15 is 0 Å². The molecule has 1 saturated heterocycles. The van der Waals surface area contributed by atoms with Crippen LogP contribution in [0.5, 0.6) is 0 Å². The molecule has 0 aromatic rings. The monoisotopic (exact) mass is 237 g/mol. The van der Waals surface area contributed by atoms with E-state index in [9.17, 15) is 5.26 Å². The number of hydrogen-bond acceptors (Lipinski definition) is 4. The van der Waals surface area contributed by atoms with Crippen molar-refractivity contribution >= 4 is 0 Å². The number of nitrogens with two attached hydrogens (primary N) is 1. The lowest BCUT2D eigenvalue weighted by molar-refractivity contribution is 0.0915. The molecule has 1 heterocycles. The van der Waals surface area contributed by atoms with Crippen LogP contribution in [-0.2, 0) is 4.74 Å². The average Bonchev–Trinajstić information content (AvgIpc) is 3.16. The van der Waals surface area contributed by atoms with Crippen LogP contribution in [0, 0.1) is 23.2 Å². The van der Waals surface area contributed by atoms with Crippen LogP contribution in [0.15, 0.2) is 0 Å². The van der Waals surface area contributed by atoms with Gasteiger partial charge in [-0.05, 0) is 50.6 Å². The highest BCUT2D eigenvalue weighted by Crippen LogP contribution is 2.38. The number of nitriles is 1. The molecule has 1 unspecified atom stereocenters. The molecule has 1 aliphatic carbocycles. The first-order valence-electron chi connectivity index (χ1n) is 6.59. The minimum Gasteiger partial charge on any atom is -0.384 e. The molecule has 2 N–H and O–H groups in total. The lowest BCUT2D eigenvalue weighted by Crippen LogP contribution is -2.52. The molecule has 0 spiro atoms. The summed E-state index contributed by atoms with van der Waals surface area (Å²) in [5.41, 5.74) is 5.60. The van der Waals surface area contributed by atoms with E-state index < -0.39 is 5.54 Å². The van der Waals surface area contributed by atoms with Crippen molar-refractivity contribution in [3.8, 4) is 6.07 Å². The Bertz CT molecular complexity index is 290. The van der Waals surface area contributed by atoms with Gasteiger partial charge in [0, 0.05) is 20.3 Å². The maximum absolute atomic E-state index is 9.24. The summed E-state index contributed by atoms with van der Waals surface area (Å²) in [7, 11) is 1.76. The molecule has 4 heteroatoms. The van der Waals surface area contributed by atoms with E-state index in [1.54, 1.807) is 7.11 Å². The summed E-state index contributed by atoms with van der Waals surface area (Å²) in [6.07, 6.45) is 4.59. The molecule has 0 aromatic heterocycles. The lowest BCUT2D eigenvalue weighted by Gasteiger charge is -2.35. The van der Waals surface area contributed by atoms with E-state index in [-0.39, 0.29) is 0 Å². The number of methoxy groups -OCH3 is 1. The molecule has 0 radical (unpaired) electrons. The summed E-state index contributed by atoms with van der Waals surface area (Å²) < 4.78 is 5.19. The number of likely N-dealkylation sites (tertiary alicyclic amines) is 1. The fourth-order valence-electron chi connectivity index (χ4n) is 2.77. The van der Waals surface area contributed by atoms with Crippen LogP contribution < -0.4 is 5.73 Å².